The van der Waals surface area contributed by atoms with Crippen LogP contribution in [0.4, 0.5) is 5.69 Å². The standard InChI is InChI=1S/C16H16BrNO3/c1-7-2-4-8(5-3-7)18-15(19)11-9-6-10-12(11)16(20)21-14(10)13(9)17/h2-5,9-14H,6H2,1H3,(H,18,19)/t9-,10-,11-,12+,13+,14+/m1/s1. The van der Waals surface area contributed by atoms with Gasteiger partial charge in [0.1, 0.15) is 6.10 Å². The lowest BCUT2D eigenvalue weighted by Gasteiger charge is -2.27. The number of aryl methyl sites for hydroxylation is 1. The molecule has 2 saturated carbocycles. The van der Waals surface area contributed by atoms with E-state index in [2.05, 4.69) is 21.2 Å². The van der Waals surface area contributed by atoms with Crippen molar-refractivity contribution in [1.29, 1.82) is 0 Å². The quantitative estimate of drug-likeness (QED) is 0.659. The molecule has 2 bridgehead atoms. The molecular weight excluding hydrogens is 334 g/mol. The molecule has 0 unspecified atom stereocenters. The molecule has 1 aromatic carbocycles. The van der Waals surface area contributed by atoms with Gasteiger partial charge < -0.3 is 10.1 Å². The Kier molecular flexibility index (Phi) is 2.89. The molecule has 6 atom stereocenters. The van der Waals surface area contributed by atoms with E-state index in [0.717, 1.165) is 17.7 Å². The molecule has 110 valence electrons. The molecule has 1 aliphatic heterocycles. The summed E-state index contributed by atoms with van der Waals surface area (Å²) in [6.07, 6.45) is 0.874. The summed E-state index contributed by atoms with van der Waals surface area (Å²) in [5.74, 6) is -0.370. The van der Waals surface area contributed by atoms with Crippen LogP contribution >= 0.6 is 15.9 Å². The number of amides is 1. The number of carbonyl (C=O) groups is 2. The van der Waals surface area contributed by atoms with Crippen LogP contribution in [0, 0.1) is 30.6 Å². The van der Waals surface area contributed by atoms with Gasteiger partial charge in [-0.1, -0.05) is 33.6 Å². The average molecular weight is 350 g/mol. The van der Waals surface area contributed by atoms with Gasteiger partial charge >= 0.3 is 5.97 Å². The second-order valence-corrected chi connectivity index (χ2v) is 7.37. The normalized spacial score (nSPS) is 39.4. The van der Waals surface area contributed by atoms with Crippen LogP contribution in [0.1, 0.15) is 12.0 Å². The molecule has 0 spiro atoms. The number of benzene rings is 1. The SMILES string of the molecule is Cc1ccc(NC(=O)[C@@H]2[C@H]3C[C@H]4[C@H](OC(=O)[C@@H]42)[C@H]3Br)cc1. The third-order valence-corrected chi connectivity index (χ3v) is 6.34. The summed E-state index contributed by atoms with van der Waals surface area (Å²) in [4.78, 5) is 24.8. The number of nitrogens with one attached hydrogen (secondary N) is 1. The number of anilines is 1. The van der Waals surface area contributed by atoms with Gasteiger partial charge in [0.2, 0.25) is 5.91 Å². The van der Waals surface area contributed by atoms with Crippen molar-refractivity contribution in [2.45, 2.75) is 24.3 Å². The van der Waals surface area contributed by atoms with Gasteiger partial charge in [-0.3, -0.25) is 9.59 Å². The highest BCUT2D eigenvalue weighted by Gasteiger charge is 2.67. The fourth-order valence-electron chi connectivity index (χ4n) is 4.19. The molecule has 0 aromatic heterocycles. The average Bonchev–Trinajstić information content (AvgIpc) is 3.05. The van der Waals surface area contributed by atoms with Crippen molar-refractivity contribution < 1.29 is 14.3 Å². The first kappa shape index (κ1) is 13.3. The lowest BCUT2D eigenvalue weighted by atomic mass is 9.79. The Bertz CT molecular complexity index is 614. The molecule has 4 rings (SSSR count). The van der Waals surface area contributed by atoms with E-state index in [9.17, 15) is 9.59 Å². The largest absolute Gasteiger partial charge is 0.461 e. The predicted molar refractivity (Wildman–Crippen MR) is 81.0 cm³/mol. The molecule has 21 heavy (non-hydrogen) atoms. The van der Waals surface area contributed by atoms with E-state index < -0.39 is 0 Å². The van der Waals surface area contributed by atoms with E-state index in [1.54, 1.807) is 0 Å². The highest BCUT2D eigenvalue weighted by molar-refractivity contribution is 9.09. The first-order valence-corrected chi connectivity index (χ1v) is 8.20. The van der Waals surface area contributed by atoms with Crippen molar-refractivity contribution in [2.75, 3.05) is 5.32 Å². The van der Waals surface area contributed by atoms with Gasteiger partial charge in [-0.25, -0.2) is 0 Å². The van der Waals surface area contributed by atoms with E-state index in [0.29, 0.717) is 0 Å². The van der Waals surface area contributed by atoms with Crippen molar-refractivity contribution in [3.8, 4) is 0 Å². The van der Waals surface area contributed by atoms with Crippen molar-refractivity contribution in [1.82, 2.24) is 0 Å². The van der Waals surface area contributed by atoms with Gasteiger partial charge in [0.05, 0.1) is 16.7 Å². The lowest BCUT2D eigenvalue weighted by Crippen LogP contribution is -2.40. The summed E-state index contributed by atoms with van der Waals surface area (Å²) in [5, 5.41) is 2.95. The van der Waals surface area contributed by atoms with E-state index in [1.165, 1.54) is 0 Å². The molecule has 1 N–H and O–H groups in total. The maximum atomic E-state index is 12.6. The molecule has 0 radical (unpaired) electrons. The predicted octanol–water partition coefficient (Wildman–Crippen LogP) is 2.50. The van der Waals surface area contributed by atoms with E-state index in [1.807, 2.05) is 31.2 Å². The van der Waals surface area contributed by atoms with Crippen molar-refractivity contribution in [2.24, 2.45) is 23.7 Å². The zero-order chi connectivity index (χ0) is 14.7. The van der Waals surface area contributed by atoms with Crippen molar-refractivity contribution in [3.05, 3.63) is 29.8 Å². The third-order valence-electron chi connectivity index (χ3n) is 5.14. The summed E-state index contributed by atoms with van der Waals surface area (Å²) < 4.78 is 5.43. The van der Waals surface area contributed by atoms with Crippen LogP contribution < -0.4 is 5.32 Å². The Morgan fingerprint density at radius 3 is 2.71 bits per heavy atom. The van der Waals surface area contributed by atoms with Crippen LogP contribution in [0.2, 0.25) is 0 Å². The summed E-state index contributed by atoms with van der Waals surface area (Å²) >= 11 is 3.62. The number of hydrogen-bond donors (Lipinski definition) is 1. The summed E-state index contributed by atoms with van der Waals surface area (Å²) in [7, 11) is 0. The lowest BCUT2D eigenvalue weighted by molar-refractivity contribution is -0.145. The highest BCUT2D eigenvalue weighted by Crippen LogP contribution is 2.60. The third kappa shape index (κ3) is 1.86. The number of halogens is 1. The molecule has 1 heterocycles. The fourth-order valence-corrected chi connectivity index (χ4v) is 5.24. The zero-order valence-corrected chi connectivity index (χ0v) is 13.2. The number of esters is 1. The maximum absolute atomic E-state index is 12.6. The second kappa shape index (κ2) is 4.57. The van der Waals surface area contributed by atoms with Crippen molar-refractivity contribution in [3.63, 3.8) is 0 Å². The Labute approximate surface area is 131 Å². The Morgan fingerprint density at radius 2 is 2.00 bits per heavy atom. The van der Waals surface area contributed by atoms with Gasteiger partial charge in [0.15, 0.2) is 0 Å². The minimum absolute atomic E-state index is 0.0316. The Balaban J connectivity index is 1.57. The first-order valence-electron chi connectivity index (χ1n) is 7.28. The molecule has 3 aliphatic rings. The molecule has 1 aromatic rings. The Morgan fingerprint density at radius 1 is 1.29 bits per heavy atom. The highest BCUT2D eigenvalue weighted by atomic mass is 79.9. The van der Waals surface area contributed by atoms with Crippen LogP contribution in [0.5, 0.6) is 0 Å². The van der Waals surface area contributed by atoms with Crippen molar-refractivity contribution >= 4 is 33.5 Å². The number of hydrogen-bond acceptors (Lipinski definition) is 3. The summed E-state index contributed by atoms with van der Waals surface area (Å²) in [5.41, 5.74) is 1.93. The summed E-state index contributed by atoms with van der Waals surface area (Å²) in [6.45, 7) is 2.01. The number of rotatable bonds is 2. The molecular formula is C16H16BrNO3. The monoisotopic (exact) mass is 349 g/mol. The van der Waals surface area contributed by atoms with Crippen LogP contribution in [0.3, 0.4) is 0 Å². The van der Waals surface area contributed by atoms with E-state index in [4.69, 9.17) is 4.74 Å². The number of alkyl halides is 1. The zero-order valence-electron chi connectivity index (χ0n) is 11.6. The van der Waals surface area contributed by atoms with E-state index >= 15 is 0 Å². The van der Waals surface area contributed by atoms with Crippen LogP contribution in [-0.2, 0) is 14.3 Å². The minimum Gasteiger partial charge on any atom is -0.461 e. The number of ether oxygens (including phenoxy) is 1. The van der Waals surface area contributed by atoms with Gasteiger partial charge in [-0.05, 0) is 31.4 Å². The molecule has 1 saturated heterocycles. The van der Waals surface area contributed by atoms with Gasteiger partial charge in [0.25, 0.3) is 0 Å². The maximum Gasteiger partial charge on any atom is 0.310 e. The van der Waals surface area contributed by atoms with E-state index in [-0.39, 0.29) is 46.5 Å². The van der Waals surface area contributed by atoms with Gasteiger partial charge in [0, 0.05) is 11.6 Å². The fraction of sp³-hybridized carbons (Fsp3) is 0.500. The number of carbonyl (C=O) groups excluding carboxylic acids is 2. The van der Waals surface area contributed by atoms with Crippen LogP contribution in [-0.4, -0.2) is 22.8 Å². The molecule has 3 fully saturated rings. The van der Waals surface area contributed by atoms with Gasteiger partial charge in [-0.15, -0.1) is 0 Å². The first-order chi connectivity index (χ1) is 10.1. The van der Waals surface area contributed by atoms with Crippen LogP contribution in [0.15, 0.2) is 24.3 Å². The topological polar surface area (TPSA) is 55.4 Å². The molecule has 1 amide bonds. The Hall–Kier alpha value is -1.36. The van der Waals surface area contributed by atoms with Crippen LogP contribution in [0.25, 0.3) is 0 Å². The second-order valence-electron chi connectivity index (χ2n) is 6.32. The van der Waals surface area contributed by atoms with Gasteiger partial charge in [-0.2, -0.15) is 0 Å². The summed E-state index contributed by atoms with van der Waals surface area (Å²) in [6, 6.07) is 7.71. The molecule has 2 aliphatic carbocycles. The molecule has 4 nitrogen and oxygen atoms in total. The smallest absolute Gasteiger partial charge is 0.310 e. The minimum atomic E-state index is -0.271. The molecule has 5 heteroatoms. The number of fused-ring (bicyclic) bond motifs is 1.